The van der Waals surface area contributed by atoms with Gasteiger partial charge in [0.05, 0.1) is 10.5 Å². The van der Waals surface area contributed by atoms with E-state index < -0.39 is 21.8 Å². The van der Waals surface area contributed by atoms with Gasteiger partial charge >= 0.3 is 6.18 Å². The first kappa shape index (κ1) is 22.8. The third kappa shape index (κ3) is 4.67. The van der Waals surface area contributed by atoms with E-state index in [0.29, 0.717) is 38.7 Å². The Morgan fingerprint density at radius 1 is 0.938 bits per heavy atom. The van der Waals surface area contributed by atoms with Crippen LogP contribution in [0.4, 0.5) is 18.9 Å². The van der Waals surface area contributed by atoms with Crippen molar-refractivity contribution in [3.8, 4) is 0 Å². The van der Waals surface area contributed by atoms with Gasteiger partial charge in [-0.3, -0.25) is 4.79 Å². The van der Waals surface area contributed by atoms with Crippen LogP contribution in [0.2, 0.25) is 0 Å². The molecule has 0 radical (unpaired) electrons. The van der Waals surface area contributed by atoms with Crippen molar-refractivity contribution in [2.24, 2.45) is 0 Å². The molecule has 6 nitrogen and oxygen atoms in total. The second-order valence-corrected chi connectivity index (χ2v) is 9.88. The van der Waals surface area contributed by atoms with Gasteiger partial charge < -0.3 is 9.80 Å². The number of halogens is 3. The van der Waals surface area contributed by atoms with E-state index in [0.717, 1.165) is 29.8 Å². The molecule has 0 atom stereocenters. The monoisotopic (exact) mass is 467 g/mol. The number of carbonyl (C=O) groups excluding carboxylic acids is 1. The molecular formula is C22H24F3N3O3S. The number of nitrogens with zero attached hydrogens (tertiary/aromatic N) is 3. The fourth-order valence-corrected chi connectivity index (χ4v) is 5.63. The number of benzene rings is 2. The predicted octanol–water partition coefficient (Wildman–Crippen LogP) is 2.99. The fraction of sp³-hybridized carbons (Fsp3) is 0.409. The van der Waals surface area contributed by atoms with Crippen LogP contribution < -0.4 is 4.90 Å². The van der Waals surface area contributed by atoms with Gasteiger partial charge in [0, 0.05) is 51.4 Å². The summed E-state index contributed by atoms with van der Waals surface area (Å²) >= 11 is 0. The van der Waals surface area contributed by atoms with E-state index in [-0.39, 0.29) is 23.9 Å². The lowest BCUT2D eigenvalue weighted by Crippen LogP contribution is -2.49. The molecule has 32 heavy (non-hydrogen) atoms. The zero-order chi connectivity index (χ0) is 22.9. The largest absolute Gasteiger partial charge is 0.416 e. The molecule has 2 aromatic carbocycles. The van der Waals surface area contributed by atoms with Crippen molar-refractivity contribution in [1.82, 2.24) is 9.21 Å². The van der Waals surface area contributed by atoms with E-state index in [1.54, 1.807) is 4.90 Å². The van der Waals surface area contributed by atoms with Crippen LogP contribution in [0, 0.1) is 0 Å². The topological polar surface area (TPSA) is 60.9 Å². The van der Waals surface area contributed by atoms with E-state index in [2.05, 4.69) is 0 Å². The van der Waals surface area contributed by atoms with E-state index in [1.807, 2.05) is 29.2 Å². The van der Waals surface area contributed by atoms with Gasteiger partial charge in [0.1, 0.15) is 0 Å². The lowest BCUT2D eigenvalue weighted by Gasteiger charge is -2.34. The van der Waals surface area contributed by atoms with Crippen molar-refractivity contribution < 1.29 is 26.4 Å². The van der Waals surface area contributed by atoms with Crippen molar-refractivity contribution in [1.29, 1.82) is 0 Å². The molecular weight excluding hydrogens is 443 g/mol. The third-order valence-electron chi connectivity index (χ3n) is 5.96. The van der Waals surface area contributed by atoms with Crippen molar-refractivity contribution in [2.45, 2.75) is 23.9 Å². The molecule has 1 amide bonds. The number of fused-ring (bicyclic) bond motifs is 1. The second kappa shape index (κ2) is 8.84. The molecule has 0 bridgehead atoms. The Balaban J connectivity index is 1.32. The van der Waals surface area contributed by atoms with Gasteiger partial charge in [-0.1, -0.05) is 24.3 Å². The minimum atomic E-state index is -4.60. The molecule has 1 saturated heterocycles. The van der Waals surface area contributed by atoms with Gasteiger partial charge in [-0.15, -0.1) is 0 Å². The van der Waals surface area contributed by atoms with E-state index in [9.17, 15) is 26.4 Å². The molecule has 0 spiro atoms. The lowest BCUT2D eigenvalue weighted by atomic mass is 10.2. The number of rotatable bonds is 5. The first-order valence-electron chi connectivity index (χ1n) is 10.4. The lowest BCUT2D eigenvalue weighted by molar-refractivity contribution is -0.137. The Labute approximate surface area is 185 Å². The summed E-state index contributed by atoms with van der Waals surface area (Å²) in [5.74, 6) is 0.0361. The normalized spacial score (nSPS) is 18.0. The highest BCUT2D eigenvalue weighted by Gasteiger charge is 2.34. The molecule has 0 unspecified atom stereocenters. The average Bonchev–Trinajstić information content (AvgIpc) is 3.21. The van der Waals surface area contributed by atoms with Crippen LogP contribution in [0.1, 0.15) is 17.5 Å². The van der Waals surface area contributed by atoms with Crippen molar-refractivity contribution in [3.63, 3.8) is 0 Å². The van der Waals surface area contributed by atoms with Gasteiger partial charge in [-0.05, 0) is 36.2 Å². The molecule has 10 heteroatoms. The Hall–Kier alpha value is -2.43. The maximum Gasteiger partial charge on any atom is 0.416 e. The molecule has 2 aromatic rings. The summed E-state index contributed by atoms with van der Waals surface area (Å²) in [5, 5.41) is 0. The summed E-state index contributed by atoms with van der Waals surface area (Å²) < 4.78 is 65.7. The Kier molecular flexibility index (Phi) is 6.28. The van der Waals surface area contributed by atoms with Gasteiger partial charge in [-0.2, -0.15) is 17.5 Å². The number of sulfonamides is 1. The van der Waals surface area contributed by atoms with Gasteiger partial charge in [0.15, 0.2) is 0 Å². The number of amides is 1. The Bertz CT molecular complexity index is 1100. The number of hydrogen-bond donors (Lipinski definition) is 0. The first-order chi connectivity index (χ1) is 15.2. The van der Waals surface area contributed by atoms with Crippen molar-refractivity contribution in [2.75, 3.05) is 44.2 Å². The number of carbonyl (C=O) groups is 1. The predicted molar refractivity (Wildman–Crippen MR) is 114 cm³/mol. The third-order valence-corrected chi connectivity index (χ3v) is 7.86. The Morgan fingerprint density at radius 3 is 2.38 bits per heavy atom. The van der Waals surface area contributed by atoms with E-state index in [1.165, 1.54) is 10.4 Å². The molecule has 1 fully saturated rings. The number of anilines is 1. The van der Waals surface area contributed by atoms with Crippen LogP contribution in [0.5, 0.6) is 0 Å². The smallest absolute Gasteiger partial charge is 0.312 e. The summed E-state index contributed by atoms with van der Waals surface area (Å²) in [7, 11) is -4.01. The summed E-state index contributed by atoms with van der Waals surface area (Å²) in [6.45, 7) is 2.35. The highest BCUT2D eigenvalue weighted by atomic mass is 32.2. The van der Waals surface area contributed by atoms with Crippen LogP contribution in [-0.4, -0.2) is 62.8 Å². The second-order valence-electron chi connectivity index (χ2n) is 7.95. The number of para-hydroxylation sites is 1. The minimum Gasteiger partial charge on any atom is -0.312 e. The molecule has 0 aromatic heterocycles. The van der Waals surface area contributed by atoms with Gasteiger partial charge in [0.2, 0.25) is 15.9 Å². The fourth-order valence-electron chi connectivity index (χ4n) is 4.16. The zero-order valence-corrected chi connectivity index (χ0v) is 18.2. The van der Waals surface area contributed by atoms with Crippen LogP contribution in [0.25, 0.3) is 0 Å². The zero-order valence-electron chi connectivity index (χ0n) is 17.4. The molecule has 2 heterocycles. The average molecular weight is 468 g/mol. The molecule has 0 N–H and O–H groups in total. The van der Waals surface area contributed by atoms with Crippen molar-refractivity contribution in [3.05, 3.63) is 59.7 Å². The summed E-state index contributed by atoms with van der Waals surface area (Å²) in [6.07, 6.45) is -3.44. The molecule has 0 aliphatic carbocycles. The first-order valence-corrected chi connectivity index (χ1v) is 11.9. The summed E-state index contributed by atoms with van der Waals surface area (Å²) in [6, 6.07) is 11.6. The van der Waals surface area contributed by atoms with Crippen LogP contribution >= 0.6 is 0 Å². The summed E-state index contributed by atoms with van der Waals surface area (Å²) in [4.78, 5) is 16.1. The molecule has 172 valence electrons. The number of piperazine rings is 1. The van der Waals surface area contributed by atoms with E-state index >= 15 is 0 Å². The summed E-state index contributed by atoms with van der Waals surface area (Å²) in [5.41, 5.74) is 1.13. The number of hydrogen-bond acceptors (Lipinski definition) is 4. The number of alkyl halides is 3. The quantitative estimate of drug-likeness (QED) is 0.679. The Morgan fingerprint density at radius 2 is 1.66 bits per heavy atom. The van der Waals surface area contributed by atoms with Crippen LogP contribution in [0.3, 0.4) is 0 Å². The van der Waals surface area contributed by atoms with E-state index in [4.69, 9.17) is 0 Å². The molecule has 2 aliphatic rings. The molecule has 0 saturated carbocycles. The maximum atomic E-state index is 12.9. The van der Waals surface area contributed by atoms with Gasteiger partial charge in [-0.25, -0.2) is 8.42 Å². The van der Waals surface area contributed by atoms with Crippen molar-refractivity contribution >= 4 is 21.6 Å². The maximum absolute atomic E-state index is 12.9. The SMILES string of the molecule is O=C(CCN1CCN(S(=O)(=O)c2cccc(C(F)(F)F)c2)CC1)N1CCc2ccccc21. The van der Waals surface area contributed by atoms with Crippen LogP contribution in [-0.2, 0) is 27.4 Å². The molecule has 2 aliphatic heterocycles. The van der Waals surface area contributed by atoms with Gasteiger partial charge in [0.25, 0.3) is 0 Å². The van der Waals surface area contributed by atoms with Crippen LogP contribution in [0.15, 0.2) is 53.4 Å². The molecule has 4 rings (SSSR count). The highest BCUT2D eigenvalue weighted by Crippen LogP contribution is 2.31. The minimum absolute atomic E-state index is 0.0361. The standard InChI is InChI=1S/C22H24F3N3O3S/c23-22(24,25)18-5-3-6-19(16-18)32(30,31)27-14-12-26(13-15-27)10-9-21(29)28-11-8-17-4-1-2-7-20(17)28/h1-7,16H,8-15H2. The highest BCUT2D eigenvalue weighted by molar-refractivity contribution is 7.89.